The molecule has 0 amide bonds. The zero-order chi connectivity index (χ0) is 8.43. The maximum atomic E-state index is 2.34. The van der Waals surface area contributed by atoms with Gasteiger partial charge in [-0.2, -0.15) is 0 Å². The Morgan fingerprint density at radius 1 is 1.36 bits per heavy atom. The van der Waals surface area contributed by atoms with Crippen molar-refractivity contribution in [1.82, 2.24) is 0 Å². The Hall–Kier alpha value is -0.520. The van der Waals surface area contributed by atoms with Gasteiger partial charge in [0.2, 0.25) is 0 Å². The van der Waals surface area contributed by atoms with Crippen molar-refractivity contribution in [3.05, 3.63) is 29.2 Å². The first-order valence-corrected chi connectivity index (χ1v) is 4.38. The van der Waals surface area contributed by atoms with Gasteiger partial charge in [0.15, 0.2) is 0 Å². The molecular weight excluding hydrogens is 132 g/mol. The summed E-state index contributed by atoms with van der Waals surface area (Å²) in [5.41, 5.74) is 4.47. The molecule has 0 aromatic heterocycles. The second-order valence-corrected chi connectivity index (χ2v) is 3.41. The molecule has 0 saturated carbocycles. The summed E-state index contributed by atoms with van der Waals surface area (Å²) in [6.07, 6.45) is 5.80. The zero-order valence-corrected chi connectivity index (χ0v) is 7.94. The summed E-state index contributed by atoms with van der Waals surface area (Å²) < 4.78 is 0. The van der Waals surface area contributed by atoms with E-state index in [1.165, 1.54) is 17.6 Å². The Morgan fingerprint density at radius 3 is 2.45 bits per heavy atom. The van der Waals surface area contributed by atoms with Crippen molar-refractivity contribution < 1.29 is 0 Å². The molecule has 0 fully saturated rings. The molecule has 1 rings (SSSR count). The van der Waals surface area contributed by atoms with Crippen LogP contribution in [0.15, 0.2) is 22.8 Å². The van der Waals surface area contributed by atoms with E-state index in [0.717, 1.165) is 0 Å². The van der Waals surface area contributed by atoms with Gasteiger partial charge in [-0.3, -0.25) is 0 Å². The van der Waals surface area contributed by atoms with Crippen molar-refractivity contribution in [3.63, 3.8) is 0 Å². The first-order valence-electron chi connectivity index (χ1n) is 4.38. The first-order chi connectivity index (χ1) is 5.15. The number of hydrogen-bond donors (Lipinski definition) is 0. The predicted octanol–water partition coefficient (Wildman–Crippen LogP) is 3.51. The van der Waals surface area contributed by atoms with Crippen LogP contribution in [0.5, 0.6) is 0 Å². The van der Waals surface area contributed by atoms with Crippen molar-refractivity contribution in [3.8, 4) is 0 Å². The normalized spacial score (nSPS) is 25.5. The highest BCUT2D eigenvalue weighted by molar-refractivity contribution is 5.38. The van der Waals surface area contributed by atoms with Crippen molar-refractivity contribution >= 4 is 0 Å². The number of hydrogen-bond acceptors (Lipinski definition) is 0. The van der Waals surface area contributed by atoms with Crippen molar-refractivity contribution in [2.75, 3.05) is 0 Å². The molecule has 0 nitrogen and oxygen atoms in total. The maximum absolute atomic E-state index is 2.34. The van der Waals surface area contributed by atoms with Crippen LogP contribution in [0.3, 0.4) is 0 Å². The van der Waals surface area contributed by atoms with Gasteiger partial charge in [-0.15, -0.1) is 0 Å². The van der Waals surface area contributed by atoms with E-state index in [-0.39, 0.29) is 0 Å². The Labute approximate surface area is 70.0 Å². The quantitative estimate of drug-likeness (QED) is 0.535. The van der Waals surface area contributed by atoms with Gasteiger partial charge in [0.25, 0.3) is 0 Å². The zero-order valence-electron chi connectivity index (χ0n) is 7.94. The summed E-state index contributed by atoms with van der Waals surface area (Å²) >= 11 is 0. The predicted molar refractivity (Wildman–Crippen MR) is 50.2 cm³/mol. The second kappa shape index (κ2) is 3.25. The van der Waals surface area contributed by atoms with Crippen LogP contribution < -0.4 is 0 Å². The van der Waals surface area contributed by atoms with Crippen molar-refractivity contribution in [2.24, 2.45) is 5.92 Å². The molecule has 0 bridgehead atoms. The fraction of sp³-hybridized carbons (Fsp3) is 0.545. The Bertz CT molecular complexity index is 206. The third kappa shape index (κ3) is 1.74. The van der Waals surface area contributed by atoms with E-state index in [9.17, 15) is 0 Å². The Balaban J connectivity index is 2.92. The van der Waals surface area contributed by atoms with Gasteiger partial charge in [-0.05, 0) is 32.6 Å². The van der Waals surface area contributed by atoms with E-state index in [0.29, 0.717) is 5.92 Å². The summed E-state index contributed by atoms with van der Waals surface area (Å²) in [5.74, 6) is 0.657. The molecule has 11 heavy (non-hydrogen) atoms. The maximum Gasteiger partial charge on any atom is -0.00683 e. The third-order valence-corrected chi connectivity index (χ3v) is 2.39. The highest BCUT2D eigenvalue weighted by Crippen LogP contribution is 2.29. The topological polar surface area (TPSA) is 0 Å². The molecule has 0 aliphatic heterocycles. The van der Waals surface area contributed by atoms with Gasteiger partial charge in [0.1, 0.15) is 0 Å². The SMILES string of the molecule is CCC1=C(C)C=C(C)[CH]C1C. The fourth-order valence-electron chi connectivity index (χ4n) is 1.94. The average Bonchev–Trinajstić information content (AvgIpc) is 1.85. The van der Waals surface area contributed by atoms with Gasteiger partial charge >= 0.3 is 0 Å². The van der Waals surface area contributed by atoms with E-state index < -0.39 is 0 Å². The summed E-state index contributed by atoms with van der Waals surface area (Å²) in [4.78, 5) is 0. The van der Waals surface area contributed by atoms with Crippen LogP contribution in [0.1, 0.15) is 34.1 Å². The van der Waals surface area contributed by atoms with Crippen LogP contribution in [-0.2, 0) is 0 Å². The van der Waals surface area contributed by atoms with E-state index in [1.54, 1.807) is 5.57 Å². The lowest BCUT2D eigenvalue weighted by Crippen LogP contribution is -2.07. The lowest BCUT2D eigenvalue weighted by Gasteiger charge is -2.21. The Morgan fingerprint density at radius 2 is 2.00 bits per heavy atom. The minimum Gasteiger partial charge on any atom is -0.0688 e. The molecular formula is C11H17. The molecule has 0 heterocycles. The van der Waals surface area contributed by atoms with Gasteiger partial charge in [-0.25, -0.2) is 0 Å². The van der Waals surface area contributed by atoms with E-state index >= 15 is 0 Å². The highest BCUT2D eigenvalue weighted by atomic mass is 14.2. The first kappa shape index (κ1) is 8.58. The number of rotatable bonds is 1. The largest absolute Gasteiger partial charge is 0.0688 e. The second-order valence-electron chi connectivity index (χ2n) is 3.41. The summed E-state index contributed by atoms with van der Waals surface area (Å²) in [5, 5.41) is 0. The molecule has 0 saturated heterocycles. The molecule has 1 atom stereocenters. The number of allylic oxidation sites excluding steroid dienone is 4. The van der Waals surface area contributed by atoms with Crippen LogP contribution in [-0.4, -0.2) is 0 Å². The van der Waals surface area contributed by atoms with Gasteiger partial charge in [0.05, 0.1) is 0 Å². The van der Waals surface area contributed by atoms with Gasteiger partial charge in [-0.1, -0.05) is 36.6 Å². The van der Waals surface area contributed by atoms with Crippen LogP contribution in [0.2, 0.25) is 0 Å². The molecule has 0 aromatic rings. The van der Waals surface area contributed by atoms with Crippen LogP contribution >= 0.6 is 0 Å². The van der Waals surface area contributed by atoms with Crippen molar-refractivity contribution in [1.29, 1.82) is 0 Å². The van der Waals surface area contributed by atoms with Crippen LogP contribution in [0.25, 0.3) is 0 Å². The molecule has 0 heteroatoms. The molecule has 0 spiro atoms. The van der Waals surface area contributed by atoms with Crippen LogP contribution in [0, 0.1) is 12.3 Å². The molecule has 0 aromatic carbocycles. The molecule has 0 N–H and O–H groups in total. The summed E-state index contributed by atoms with van der Waals surface area (Å²) in [7, 11) is 0. The molecule has 1 aliphatic rings. The molecule has 1 radical (unpaired) electrons. The lowest BCUT2D eigenvalue weighted by atomic mass is 9.84. The van der Waals surface area contributed by atoms with Gasteiger partial charge in [0, 0.05) is 0 Å². The van der Waals surface area contributed by atoms with Crippen molar-refractivity contribution in [2.45, 2.75) is 34.1 Å². The fourth-order valence-corrected chi connectivity index (χ4v) is 1.94. The van der Waals surface area contributed by atoms with Crippen LogP contribution in [0.4, 0.5) is 0 Å². The lowest BCUT2D eigenvalue weighted by molar-refractivity contribution is 0.739. The monoisotopic (exact) mass is 149 g/mol. The smallest absolute Gasteiger partial charge is 0.00683 e. The van der Waals surface area contributed by atoms with E-state index in [1.807, 2.05) is 0 Å². The highest BCUT2D eigenvalue weighted by Gasteiger charge is 2.14. The average molecular weight is 149 g/mol. The van der Waals surface area contributed by atoms with E-state index in [2.05, 4.69) is 40.2 Å². The summed E-state index contributed by atoms with van der Waals surface area (Å²) in [6.45, 7) is 8.90. The third-order valence-electron chi connectivity index (χ3n) is 2.39. The minimum atomic E-state index is 0.657. The minimum absolute atomic E-state index is 0.657. The standard InChI is InChI=1S/C11H17/c1-5-11-9(3)6-8(2)7-10(11)4/h6-7,9H,5H2,1-4H3. The Kier molecular flexibility index (Phi) is 2.53. The summed E-state index contributed by atoms with van der Waals surface area (Å²) in [6, 6.07) is 0. The van der Waals surface area contributed by atoms with Gasteiger partial charge < -0.3 is 0 Å². The molecule has 1 aliphatic carbocycles. The molecule has 61 valence electrons. The van der Waals surface area contributed by atoms with E-state index in [4.69, 9.17) is 0 Å². The molecule has 1 unspecified atom stereocenters.